The van der Waals surface area contributed by atoms with Gasteiger partial charge in [0.05, 0.1) is 6.54 Å². The van der Waals surface area contributed by atoms with E-state index in [2.05, 4.69) is 26.5 Å². The first-order chi connectivity index (χ1) is 15.5. The number of nitrogens with one attached hydrogen (secondary N) is 1. The number of aryl methyl sites for hydroxylation is 1. The zero-order valence-corrected chi connectivity index (χ0v) is 18.2. The zero-order valence-electron chi connectivity index (χ0n) is 18.2. The molecule has 1 aromatic carbocycles. The van der Waals surface area contributed by atoms with Crippen LogP contribution in [0.5, 0.6) is 0 Å². The van der Waals surface area contributed by atoms with Gasteiger partial charge in [0.25, 0.3) is 12.4 Å². The molecule has 2 aromatic rings. The molecule has 172 valence electrons. The van der Waals surface area contributed by atoms with Crippen molar-refractivity contribution in [3.63, 3.8) is 0 Å². The second-order valence-electron chi connectivity index (χ2n) is 8.01. The van der Waals surface area contributed by atoms with Gasteiger partial charge in [-0.1, -0.05) is 12.1 Å². The van der Waals surface area contributed by atoms with Crippen molar-refractivity contribution < 1.29 is 23.9 Å². The zero-order chi connectivity index (χ0) is 22.9. The Morgan fingerprint density at radius 3 is 2.88 bits per heavy atom. The lowest BCUT2D eigenvalue weighted by Crippen LogP contribution is -2.34. The number of hydrogen-bond donors (Lipinski definition) is 2. The van der Waals surface area contributed by atoms with Gasteiger partial charge in [0.15, 0.2) is 0 Å². The van der Waals surface area contributed by atoms with Gasteiger partial charge in [-0.25, -0.2) is 0 Å². The van der Waals surface area contributed by atoms with E-state index in [1.54, 1.807) is 11.8 Å². The lowest BCUT2D eigenvalue weighted by molar-refractivity contribution is -0.123. The first-order valence-corrected chi connectivity index (χ1v) is 10.7. The maximum Gasteiger partial charge on any atom is 0.290 e. The monoisotopic (exact) mass is 443 g/mol. The third-order valence-electron chi connectivity index (χ3n) is 5.59. The minimum absolute atomic E-state index is 0.00293. The van der Waals surface area contributed by atoms with E-state index in [0.29, 0.717) is 55.9 Å². The molecule has 10 heteroatoms. The van der Waals surface area contributed by atoms with Crippen molar-refractivity contribution in [1.29, 1.82) is 0 Å². The molecule has 2 aliphatic heterocycles. The van der Waals surface area contributed by atoms with Crippen molar-refractivity contribution in [3.8, 4) is 0 Å². The standard InChI is InChI=1S/C21H27N5O3.CH2O2/c1-15-23-24-20(29-15)14-25-8-5-17(13-25)11-16-3-2-4-18(12-16)21(28)26-9-6-19(27)22-7-10-26;2-1-3/h2-4,12,17H,5-11,13-14H2,1H3,(H,22,27);1H,(H,2,3). The third-order valence-corrected chi connectivity index (χ3v) is 5.59. The van der Waals surface area contributed by atoms with Gasteiger partial charge in [-0.05, 0) is 43.0 Å². The first kappa shape index (κ1) is 23.4. The summed E-state index contributed by atoms with van der Waals surface area (Å²) >= 11 is 0. The molecular formula is C22H29N5O5. The summed E-state index contributed by atoms with van der Waals surface area (Å²) in [7, 11) is 0. The summed E-state index contributed by atoms with van der Waals surface area (Å²) in [5, 5.41) is 17.7. The van der Waals surface area contributed by atoms with E-state index in [1.165, 1.54) is 5.56 Å². The van der Waals surface area contributed by atoms with Crippen molar-refractivity contribution >= 4 is 18.3 Å². The Bertz CT molecular complexity index is 931. The number of amides is 2. The average molecular weight is 444 g/mol. The molecule has 0 radical (unpaired) electrons. The molecule has 2 amide bonds. The largest absolute Gasteiger partial charge is 0.483 e. The minimum atomic E-state index is -0.250. The number of nitrogens with zero attached hydrogens (tertiary/aromatic N) is 4. The Labute approximate surface area is 186 Å². The van der Waals surface area contributed by atoms with E-state index in [9.17, 15) is 9.59 Å². The van der Waals surface area contributed by atoms with Crippen molar-refractivity contribution in [2.45, 2.75) is 32.7 Å². The van der Waals surface area contributed by atoms with Crippen molar-refractivity contribution in [2.24, 2.45) is 5.92 Å². The number of rotatable bonds is 5. The summed E-state index contributed by atoms with van der Waals surface area (Å²) in [5.74, 6) is 1.83. The highest BCUT2D eigenvalue weighted by Crippen LogP contribution is 2.23. The lowest BCUT2D eigenvalue weighted by atomic mass is 9.97. The second kappa shape index (κ2) is 11.4. The highest BCUT2D eigenvalue weighted by Gasteiger charge is 2.25. The predicted molar refractivity (Wildman–Crippen MR) is 115 cm³/mol. The molecule has 2 N–H and O–H groups in total. The smallest absolute Gasteiger partial charge is 0.290 e. The van der Waals surface area contributed by atoms with Crippen LogP contribution in [-0.4, -0.2) is 76.1 Å². The van der Waals surface area contributed by atoms with Gasteiger partial charge in [-0.3, -0.25) is 19.3 Å². The number of benzene rings is 1. The Morgan fingerprint density at radius 2 is 2.12 bits per heavy atom. The van der Waals surface area contributed by atoms with E-state index in [1.807, 2.05) is 18.2 Å². The van der Waals surface area contributed by atoms with Crippen LogP contribution in [0.25, 0.3) is 0 Å². The van der Waals surface area contributed by atoms with Crippen LogP contribution in [0.2, 0.25) is 0 Å². The topological polar surface area (TPSA) is 129 Å². The van der Waals surface area contributed by atoms with E-state index >= 15 is 0 Å². The number of carbonyl (C=O) groups excluding carboxylic acids is 2. The molecule has 0 bridgehead atoms. The summed E-state index contributed by atoms with van der Waals surface area (Å²) in [6.07, 6.45) is 2.43. The van der Waals surface area contributed by atoms with Gasteiger partial charge in [0.1, 0.15) is 0 Å². The molecule has 0 saturated carbocycles. The summed E-state index contributed by atoms with van der Waals surface area (Å²) in [6.45, 7) is 5.79. The third kappa shape index (κ3) is 6.61. The summed E-state index contributed by atoms with van der Waals surface area (Å²) < 4.78 is 5.48. The van der Waals surface area contributed by atoms with Crippen LogP contribution in [-0.2, 0) is 22.6 Å². The normalized spacial score (nSPS) is 19.0. The van der Waals surface area contributed by atoms with Crippen LogP contribution in [0.4, 0.5) is 0 Å². The summed E-state index contributed by atoms with van der Waals surface area (Å²) in [5.41, 5.74) is 1.88. The Balaban J connectivity index is 0.000000913. The van der Waals surface area contributed by atoms with Gasteiger partial charge in [0.2, 0.25) is 17.7 Å². The van der Waals surface area contributed by atoms with Crippen molar-refractivity contribution in [1.82, 2.24) is 25.3 Å². The van der Waals surface area contributed by atoms with Crippen LogP contribution >= 0.6 is 0 Å². The highest BCUT2D eigenvalue weighted by molar-refractivity contribution is 5.94. The van der Waals surface area contributed by atoms with Gasteiger partial charge < -0.3 is 19.7 Å². The number of hydrogen-bond acceptors (Lipinski definition) is 7. The number of likely N-dealkylation sites (tertiary alicyclic amines) is 1. The number of carbonyl (C=O) groups is 3. The SMILES string of the molecule is Cc1nnc(CN2CCC(Cc3cccc(C(=O)N4CCNC(=O)CC4)c3)C2)o1.O=CO. The van der Waals surface area contributed by atoms with E-state index < -0.39 is 0 Å². The molecule has 0 spiro atoms. The van der Waals surface area contributed by atoms with Crippen molar-refractivity contribution in [3.05, 3.63) is 47.2 Å². The second-order valence-corrected chi connectivity index (χ2v) is 8.01. The van der Waals surface area contributed by atoms with Gasteiger partial charge in [0, 0.05) is 45.1 Å². The molecule has 1 atom stereocenters. The van der Waals surface area contributed by atoms with Crippen LogP contribution in [0, 0.1) is 12.8 Å². The average Bonchev–Trinajstić information content (AvgIpc) is 3.32. The highest BCUT2D eigenvalue weighted by atomic mass is 16.4. The molecule has 4 rings (SSSR count). The Hall–Kier alpha value is -3.27. The van der Waals surface area contributed by atoms with E-state index in [0.717, 1.165) is 25.9 Å². The molecule has 2 fully saturated rings. The van der Waals surface area contributed by atoms with Gasteiger partial charge >= 0.3 is 0 Å². The predicted octanol–water partition coefficient (Wildman–Crippen LogP) is 1.11. The maximum absolute atomic E-state index is 12.9. The fourth-order valence-corrected chi connectivity index (χ4v) is 4.13. The Kier molecular flexibility index (Phi) is 8.32. The molecule has 10 nitrogen and oxygen atoms in total. The summed E-state index contributed by atoms with van der Waals surface area (Å²) in [4.78, 5) is 36.8. The van der Waals surface area contributed by atoms with Crippen LogP contribution in [0.3, 0.4) is 0 Å². The maximum atomic E-state index is 12.9. The van der Waals surface area contributed by atoms with Crippen LogP contribution in [0.1, 0.15) is 40.5 Å². The fourth-order valence-electron chi connectivity index (χ4n) is 4.13. The molecule has 2 aliphatic rings. The van der Waals surface area contributed by atoms with Crippen LogP contribution < -0.4 is 5.32 Å². The van der Waals surface area contributed by atoms with Gasteiger partial charge in [-0.15, -0.1) is 10.2 Å². The quantitative estimate of drug-likeness (QED) is 0.658. The van der Waals surface area contributed by atoms with Crippen molar-refractivity contribution in [2.75, 3.05) is 32.7 Å². The molecule has 32 heavy (non-hydrogen) atoms. The molecule has 1 unspecified atom stereocenters. The molecule has 0 aliphatic carbocycles. The Morgan fingerprint density at radius 1 is 1.31 bits per heavy atom. The lowest BCUT2D eigenvalue weighted by Gasteiger charge is -2.20. The fraction of sp³-hybridized carbons (Fsp3) is 0.500. The summed E-state index contributed by atoms with van der Waals surface area (Å²) in [6, 6.07) is 7.92. The number of aromatic nitrogens is 2. The van der Waals surface area contributed by atoms with E-state index in [-0.39, 0.29) is 18.3 Å². The first-order valence-electron chi connectivity index (χ1n) is 10.7. The number of carboxylic acid groups (broad SMARTS) is 1. The molecular weight excluding hydrogens is 414 g/mol. The molecule has 3 heterocycles. The van der Waals surface area contributed by atoms with E-state index in [4.69, 9.17) is 14.3 Å². The van der Waals surface area contributed by atoms with Gasteiger partial charge in [-0.2, -0.15) is 0 Å². The molecule has 1 aromatic heterocycles. The van der Waals surface area contributed by atoms with Crippen LogP contribution in [0.15, 0.2) is 28.7 Å². The minimum Gasteiger partial charge on any atom is -0.483 e. The molecule has 2 saturated heterocycles.